The molecule has 2 heterocycles. The first-order valence-electron chi connectivity index (χ1n) is 40.3. The van der Waals surface area contributed by atoms with Crippen LogP contribution in [0.5, 0.6) is 0 Å². The van der Waals surface area contributed by atoms with Gasteiger partial charge in [-0.2, -0.15) is 0 Å². The van der Waals surface area contributed by atoms with Crippen molar-refractivity contribution in [3.8, 4) is 0 Å². The second kappa shape index (κ2) is 54.3. The van der Waals surface area contributed by atoms with Crippen molar-refractivity contribution in [1.82, 2.24) is 61.6 Å². The van der Waals surface area contributed by atoms with Crippen molar-refractivity contribution in [3.63, 3.8) is 0 Å². The lowest BCUT2D eigenvalue weighted by Crippen LogP contribution is -2.42. The Labute approximate surface area is 699 Å². The summed E-state index contributed by atoms with van der Waals surface area (Å²) >= 11 is 0. The van der Waals surface area contributed by atoms with Gasteiger partial charge in [-0.25, -0.2) is 67.0 Å². The van der Waals surface area contributed by atoms with E-state index in [2.05, 4.69) is 52.5 Å². The normalized spacial score (nSPS) is 12.9. The SMILES string of the molecule is CC(C)(C)OC(=O)NCCCCC(CO)NC(=O)OC(C)(C)C.CC(C)(C)OC(=O)NCCCCC(COC(=O)n1ccnc1)NC(=O)OC(C)(C)C.CC(C)(C)OC(=O)NCCCCC(COC(=O)n1ccnc1)NC(=O)OC(C)(C)C.CC(CC(=O)OCC(CCCCNC(=O)OC(C)(C)C)NC(=O)OC(C)(C)C)Cc1ccccc1. The number of amides is 8. The van der Waals surface area contributed by atoms with Crippen LogP contribution in [0.2, 0.25) is 0 Å². The first kappa shape index (κ1) is 108. The Hall–Kier alpha value is -9.83. The Bertz CT molecular complexity index is 3260. The molecule has 35 nitrogen and oxygen atoms in total. The van der Waals surface area contributed by atoms with Crippen molar-refractivity contribution in [3.05, 3.63) is 73.3 Å². The highest BCUT2D eigenvalue weighted by Gasteiger charge is 2.27. The molecule has 2 aromatic heterocycles. The average Bonchev–Trinajstić information content (AvgIpc) is 1.63. The summed E-state index contributed by atoms with van der Waals surface area (Å²) in [5, 5.41) is 30.9. The van der Waals surface area contributed by atoms with Crippen LogP contribution in [0.15, 0.2) is 67.8 Å². The quantitative estimate of drug-likeness (QED) is 0.0150. The number of ether oxygens (including phenoxy) is 11. The number of aliphatic hydroxyl groups is 1. The molecule has 8 amide bonds. The lowest BCUT2D eigenvalue weighted by Gasteiger charge is -2.24. The van der Waals surface area contributed by atoms with Gasteiger partial charge >= 0.3 is 66.9 Å². The molecule has 0 aliphatic rings. The van der Waals surface area contributed by atoms with Crippen LogP contribution < -0.4 is 42.5 Å². The molecule has 0 aliphatic heterocycles. The van der Waals surface area contributed by atoms with Crippen LogP contribution in [-0.4, -0.2) is 213 Å². The minimum absolute atomic E-state index is 0.0181. The molecule has 0 radical (unpaired) electrons. The van der Waals surface area contributed by atoms with Gasteiger partial charge in [0.2, 0.25) is 0 Å². The standard InChI is InChI=1S/C27H44N2O6.2C20H34N4O6.C16H32N2O5/c1-20(17-21-13-9-8-10-14-21)18-23(30)33-19-22(29-25(32)35-27(5,6)7)15-11-12-16-28-24(31)34-26(2,3)4;2*1-19(2,3)29-16(25)22-10-8-7-9-15(23-17(26)30-20(4,5)6)13-28-18(27)24-12-11-21-14-24;1-15(2,3)22-13(20)17-10-8-7-9-12(11-19)18-14(21)23-16(4,5)6/h8-10,13-14,20,22H,11-12,15-19H2,1-7H3,(H,28,31)(H,29,32);2*11-12,14-15H,7-10,13H2,1-6H3,(H,22,25)(H,23,26);12,19H,7-11H2,1-6H3,(H,17,20)(H,18,21). The zero-order valence-electron chi connectivity index (χ0n) is 75.0. The van der Waals surface area contributed by atoms with Crippen LogP contribution in [0.4, 0.5) is 47.9 Å². The van der Waals surface area contributed by atoms with Gasteiger partial charge in [-0.05, 0) is 261 Å². The minimum Gasteiger partial charge on any atom is -0.463 e. The second-order valence-corrected chi connectivity index (χ2v) is 36.0. The molecule has 118 heavy (non-hydrogen) atoms. The van der Waals surface area contributed by atoms with Crippen molar-refractivity contribution in [2.24, 2.45) is 5.92 Å². The average molecular weight is 1680 g/mol. The molecule has 0 aliphatic carbocycles. The topological polar surface area (TPSA) is 441 Å². The highest BCUT2D eigenvalue weighted by atomic mass is 16.6. The molecule has 5 atom stereocenters. The highest BCUT2D eigenvalue weighted by Crippen LogP contribution is 2.18. The van der Waals surface area contributed by atoms with Crippen LogP contribution in [0, 0.1) is 5.92 Å². The second-order valence-electron chi connectivity index (χ2n) is 36.0. The number of aliphatic hydroxyl groups excluding tert-OH is 1. The van der Waals surface area contributed by atoms with Crippen LogP contribution in [0.1, 0.15) is 262 Å². The summed E-state index contributed by atoms with van der Waals surface area (Å²) in [4.78, 5) is 139. The van der Waals surface area contributed by atoms with Crippen molar-refractivity contribution in [2.75, 3.05) is 52.6 Å². The van der Waals surface area contributed by atoms with Crippen LogP contribution in [0.3, 0.4) is 0 Å². The maximum Gasteiger partial charge on any atom is 0.419 e. The monoisotopic (exact) mass is 1680 g/mol. The van der Waals surface area contributed by atoms with Crippen molar-refractivity contribution in [1.29, 1.82) is 0 Å². The van der Waals surface area contributed by atoms with E-state index in [1.54, 1.807) is 145 Å². The summed E-state index contributed by atoms with van der Waals surface area (Å²) in [5.74, 6) is -0.155. The Morgan fingerprint density at radius 1 is 0.356 bits per heavy atom. The Morgan fingerprint density at radius 2 is 0.610 bits per heavy atom. The van der Waals surface area contributed by atoms with E-state index in [-0.39, 0.29) is 50.4 Å². The maximum absolute atomic E-state index is 12.4. The van der Waals surface area contributed by atoms with Crippen molar-refractivity contribution in [2.45, 2.75) is 332 Å². The number of hydrogen-bond acceptors (Lipinski definition) is 25. The summed E-state index contributed by atoms with van der Waals surface area (Å²) in [6.07, 6.45) is 12.2. The molecule has 674 valence electrons. The number of nitrogens with zero attached hydrogens (tertiary/aromatic N) is 4. The van der Waals surface area contributed by atoms with E-state index >= 15 is 0 Å². The fourth-order valence-electron chi connectivity index (χ4n) is 9.63. The van der Waals surface area contributed by atoms with Gasteiger partial charge in [0.25, 0.3) is 0 Å². The third-order valence-corrected chi connectivity index (χ3v) is 14.3. The molecule has 0 saturated carbocycles. The van der Waals surface area contributed by atoms with Crippen LogP contribution >= 0.6 is 0 Å². The Balaban J connectivity index is 0.00000156. The van der Waals surface area contributed by atoms with E-state index in [4.69, 9.17) is 52.1 Å². The van der Waals surface area contributed by atoms with Gasteiger partial charge < -0.3 is 99.7 Å². The lowest BCUT2D eigenvalue weighted by atomic mass is 9.98. The number of unbranched alkanes of at least 4 members (excludes halogenated alkanes) is 4. The highest BCUT2D eigenvalue weighted by molar-refractivity contribution is 5.73. The van der Waals surface area contributed by atoms with Gasteiger partial charge in [-0.1, -0.05) is 37.3 Å². The molecular formula is C83H144N12O23. The number of esters is 1. The molecule has 0 spiro atoms. The minimum atomic E-state index is -0.639. The number of carbonyl (C=O) groups is 11. The predicted octanol–water partition coefficient (Wildman–Crippen LogP) is 14.9. The first-order chi connectivity index (χ1) is 54.4. The molecule has 5 unspecified atom stereocenters. The van der Waals surface area contributed by atoms with Crippen LogP contribution in [0.25, 0.3) is 0 Å². The van der Waals surface area contributed by atoms with Gasteiger partial charge in [-0.15, -0.1) is 0 Å². The Kier molecular flexibility index (Phi) is 49.8. The summed E-state index contributed by atoms with van der Waals surface area (Å²) in [6, 6.07) is 8.40. The maximum atomic E-state index is 12.4. The summed E-state index contributed by atoms with van der Waals surface area (Å²) in [5.41, 5.74) is -3.46. The number of alkyl carbamates (subject to hydrolysis) is 8. The molecule has 0 saturated heterocycles. The summed E-state index contributed by atoms with van der Waals surface area (Å²) in [7, 11) is 0. The van der Waals surface area contributed by atoms with Gasteiger partial charge in [0.05, 0.1) is 30.8 Å². The van der Waals surface area contributed by atoms with E-state index in [1.165, 1.54) is 52.1 Å². The third-order valence-electron chi connectivity index (χ3n) is 14.3. The molecule has 3 aromatic rings. The molecular weight excluding hydrogens is 1530 g/mol. The fraction of sp³-hybridized carbons (Fsp3) is 0.723. The number of rotatable bonds is 35. The summed E-state index contributed by atoms with van der Waals surface area (Å²) in [6.45, 7) is 46.6. The number of nitrogens with one attached hydrogen (secondary N) is 8. The number of benzene rings is 1. The Morgan fingerprint density at radius 3 is 0.864 bits per heavy atom. The van der Waals surface area contributed by atoms with E-state index < -0.39 is 118 Å². The van der Waals surface area contributed by atoms with Crippen LogP contribution in [-0.2, 0) is 63.3 Å². The predicted molar refractivity (Wildman–Crippen MR) is 445 cm³/mol. The zero-order chi connectivity index (χ0) is 90.2. The molecule has 0 fully saturated rings. The fourth-order valence-corrected chi connectivity index (χ4v) is 9.63. The van der Waals surface area contributed by atoms with E-state index in [9.17, 15) is 57.8 Å². The third kappa shape index (κ3) is 66.2. The summed E-state index contributed by atoms with van der Waals surface area (Å²) < 4.78 is 60.1. The smallest absolute Gasteiger partial charge is 0.419 e. The molecule has 3 rings (SSSR count). The zero-order valence-corrected chi connectivity index (χ0v) is 75.0. The number of carbonyl (C=O) groups excluding carboxylic acids is 11. The molecule has 9 N–H and O–H groups in total. The van der Waals surface area contributed by atoms with Crippen molar-refractivity contribution >= 4 is 66.9 Å². The van der Waals surface area contributed by atoms with Gasteiger partial charge in [0.1, 0.15) is 77.3 Å². The van der Waals surface area contributed by atoms with Gasteiger partial charge in [0, 0.05) is 57.4 Å². The molecule has 35 heteroatoms. The molecule has 1 aromatic carbocycles. The lowest BCUT2D eigenvalue weighted by molar-refractivity contribution is -0.145. The first-order valence-corrected chi connectivity index (χ1v) is 40.3. The number of aromatic nitrogens is 4. The van der Waals surface area contributed by atoms with E-state index in [0.717, 1.165) is 19.3 Å². The van der Waals surface area contributed by atoms with Gasteiger partial charge in [-0.3, -0.25) is 4.79 Å². The number of hydrogen-bond donors (Lipinski definition) is 9. The largest absolute Gasteiger partial charge is 0.463 e. The van der Waals surface area contributed by atoms with E-state index in [0.29, 0.717) is 96.8 Å². The molecule has 0 bridgehead atoms. The van der Waals surface area contributed by atoms with E-state index in [1.807, 2.05) is 58.0 Å². The van der Waals surface area contributed by atoms with Gasteiger partial charge in [0.15, 0.2) is 0 Å². The number of imidazole rings is 2. The van der Waals surface area contributed by atoms with Crippen molar-refractivity contribution < 1.29 is 110 Å².